The third kappa shape index (κ3) is 3.32. The molecular weight excluding hydrogens is 230 g/mol. The fourth-order valence-electron chi connectivity index (χ4n) is 0.982. The number of hydrogen-bond donors (Lipinski definition) is 2. The Balaban J connectivity index is 2.56. The molecule has 0 bridgehead atoms. The van der Waals surface area contributed by atoms with E-state index in [4.69, 9.17) is 9.84 Å². The molecule has 0 aromatic carbocycles. The van der Waals surface area contributed by atoms with E-state index in [0.29, 0.717) is 11.4 Å². The molecule has 0 fully saturated rings. The minimum atomic E-state index is -1.02. The van der Waals surface area contributed by atoms with Crippen molar-refractivity contribution in [2.24, 2.45) is 0 Å². The van der Waals surface area contributed by atoms with E-state index in [1.165, 1.54) is 12.1 Å². The van der Waals surface area contributed by atoms with Crippen LogP contribution in [-0.2, 0) is 4.74 Å². The molecule has 2 N–H and O–H groups in total. The van der Waals surface area contributed by atoms with Gasteiger partial charge in [0.25, 0.3) is 5.91 Å². The molecule has 6 heteroatoms. The van der Waals surface area contributed by atoms with E-state index in [2.05, 4.69) is 5.32 Å². The van der Waals surface area contributed by atoms with Gasteiger partial charge in [-0.1, -0.05) is 0 Å². The summed E-state index contributed by atoms with van der Waals surface area (Å²) in [7, 11) is 1.56. The summed E-state index contributed by atoms with van der Waals surface area (Å²) in [5, 5.41) is 11.4. The second kappa shape index (κ2) is 5.62. The summed E-state index contributed by atoms with van der Waals surface area (Å²) in [5.41, 5.74) is 0. The van der Waals surface area contributed by atoms with Crippen LogP contribution < -0.4 is 5.32 Å². The topological polar surface area (TPSA) is 75.6 Å². The number of rotatable bonds is 5. The molecule has 0 spiro atoms. The van der Waals surface area contributed by atoms with Gasteiger partial charge in [-0.2, -0.15) is 0 Å². The Labute approximate surface area is 97.0 Å². The number of methoxy groups -OCH3 is 1. The lowest BCUT2D eigenvalue weighted by atomic mass is 10.3. The second-order valence-corrected chi connectivity index (χ2v) is 4.31. The molecule has 1 aromatic rings. The first-order valence-corrected chi connectivity index (χ1v) is 5.50. The van der Waals surface area contributed by atoms with Crippen molar-refractivity contribution in [1.29, 1.82) is 0 Å². The molecule has 1 amide bonds. The molecule has 0 aliphatic rings. The summed E-state index contributed by atoms with van der Waals surface area (Å²) < 4.78 is 4.97. The minimum absolute atomic E-state index is 0.0668. The van der Waals surface area contributed by atoms with E-state index in [1.807, 2.05) is 6.92 Å². The minimum Gasteiger partial charge on any atom is -0.477 e. The fraction of sp³-hybridized carbons (Fsp3) is 0.400. The quantitative estimate of drug-likeness (QED) is 0.815. The molecule has 5 nitrogen and oxygen atoms in total. The maximum atomic E-state index is 11.6. The summed E-state index contributed by atoms with van der Waals surface area (Å²) in [6, 6.07) is 2.92. The number of hydrogen-bond acceptors (Lipinski definition) is 4. The van der Waals surface area contributed by atoms with Crippen molar-refractivity contribution in [3.63, 3.8) is 0 Å². The van der Waals surface area contributed by atoms with Gasteiger partial charge in [-0.3, -0.25) is 4.79 Å². The zero-order chi connectivity index (χ0) is 12.1. The summed E-state index contributed by atoms with van der Waals surface area (Å²) in [4.78, 5) is 22.7. The van der Waals surface area contributed by atoms with Gasteiger partial charge < -0.3 is 15.2 Å². The third-order valence-corrected chi connectivity index (χ3v) is 3.07. The van der Waals surface area contributed by atoms with Gasteiger partial charge >= 0.3 is 5.97 Å². The second-order valence-electron chi connectivity index (χ2n) is 3.23. The average molecular weight is 243 g/mol. The Kier molecular flexibility index (Phi) is 4.45. The fourth-order valence-corrected chi connectivity index (χ4v) is 1.74. The van der Waals surface area contributed by atoms with Crippen molar-refractivity contribution < 1.29 is 19.4 Å². The van der Waals surface area contributed by atoms with Crippen LogP contribution in [0.2, 0.25) is 0 Å². The Morgan fingerprint density at radius 1 is 1.50 bits per heavy atom. The Morgan fingerprint density at radius 2 is 2.12 bits per heavy atom. The van der Waals surface area contributed by atoms with Crippen LogP contribution in [-0.4, -0.2) is 36.7 Å². The van der Waals surface area contributed by atoms with Crippen LogP contribution >= 0.6 is 11.3 Å². The molecule has 1 heterocycles. The number of thiophene rings is 1. The molecule has 0 saturated carbocycles. The standard InChI is InChI=1S/C10H13NO4S/c1-6(15-2)5-11-9(12)7-3-4-8(16-7)10(13)14/h3-4,6H,5H2,1-2H3,(H,11,12)(H,13,14). The molecule has 1 unspecified atom stereocenters. The largest absolute Gasteiger partial charge is 0.477 e. The summed E-state index contributed by atoms with van der Waals surface area (Å²) in [6.45, 7) is 2.23. The van der Waals surface area contributed by atoms with Crippen LogP contribution in [0.25, 0.3) is 0 Å². The lowest BCUT2D eigenvalue weighted by Gasteiger charge is -2.09. The number of ether oxygens (including phenoxy) is 1. The van der Waals surface area contributed by atoms with E-state index >= 15 is 0 Å². The van der Waals surface area contributed by atoms with Crippen LogP contribution in [0.3, 0.4) is 0 Å². The number of nitrogens with one attached hydrogen (secondary N) is 1. The van der Waals surface area contributed by atoms with Crippen molar-refractivity contribution in [2.45, 2.75) is 13.0 Å². The SMILES string of the molecule is COC(C)CNC(=O)c1ccc(C(=O)O)s1. The van der Waals surface area contributed by atoms with E-state index in [-0.39, 0.29) is 16.9 Å². The van der Waals surface area contributed by atoms with Crippen molar-refractivity contribution in [1.82, 2.24) is 5.32 Å². The van der Waals surface area contributed by atoms with Gasteiger partial charge in [-0.05, 0) is 19.1 Å². The highest BCUT2D eigenvalue weighted by Gasteiger charge is 2.13. The predicted molar refractivity (Wildman–Crippen MR) is 60.1 cm³/mol. The van der Waals surface area contributed by atoms with Crippen LogP contribution in [0.4, 0.5) is 0 Å². The summed E-state index contributed by atoms with van der Waals surface area (Å²) in [6.07, 6.45) is -0.0668. The highest BCUT2D eigenvalue weighted by atomic mass is 32.1. The van der Waals surface area contributed by atoms with E-state index in [9.17, 15) is 9.59 Å². The van der Waals surface area contributed by atoms with Gasteiger partial charge in [0.05, 0.1) is 11.0 Å². The first-order chi connectivity index (χ1) is 7.54. The average Bonchev–Trinajstić information content (AvgIpc) is 2.74. The maximum absolute atomic E-state index is 11.6. The van der Waals surface area contributed by atoms with Crippen LogP contribution in [0.1, 0.15) is 26.3 Å². The lowest BCUT2D eigenvalue weighted by Crippen LogP contribution is -2.31. The summed E-state index contributed by atoms with van der Waals surface area (Å²) in [5.74, 6) is -1.30. The molecule has 0 aliphatic carbocycles. The molecule has 1 rings (SSSR count). The van der Waals surface area contributed by atoms with Crippen LogP contribution in [0.15, 0.2) is 12.1 Å². The summed E-state index contributed by atoms with van der Waals surface area (Å²) >= 11 is 0.956. The van der Waals surface area contributed by atoms with E-state index in [1.54, 1.807) is 7.11 Å². The zero-order valence-electron chi connectivity index (χ0n) is 9.02. The monoisotopic (exact) mass is 243 g/mol. The molecule has 16 heavy (non-hydrogen) atoms. The number of carboxylic acid groups (broad SMARTS) is 1. The first-order valence-electron chi connectivity index (χ1n) is 4.68. The van der Waals surface area contributed by atoms with Crippen LogP contribution in [0.5, 0.6) is 0 Å². The van der Waals surface area contributed by atoms with Gasteiger partial charge in [0.2, 0.25) is 0 Å². The Bertz CT molecular complexity index is 388. The molecule has 88 valence electrons. The smallest absolute Gasteiger partial charge is 0.345 e. The lowest BCUT2D eigenvalue weighted by molar-refractivity contribution is 0.0702. The Hall–Kier alpha value is -1.40. The molecule has 1 aromatic heterocycles. The molecular formula is C10H13NO4S. The normalized spacial score (nSPS) is 12.1. The molecule has 0 radical (unpaired) electrons. The van der Waals surface area contributed by atoms with Crippen molar-refractivity contribution in [2.75, 3.05) is 13.7 Å². The number of carbonyl (C=O) groups is 2. The number of carboxylic acids is 1. The van der Waals surface area contributed by atoms with Gasteiger partial charge in [0.1, 0.15) is 4.88 Å². The van der Waals surface area contributed by atoms with Gasteiger partial charge in [-0.15, -0.1) is 11.3 Å². The molecule has 0 aliphatic heterocycles. The van der Waals surface area contributed by atoms with Crippen molar-refractivity contribution >= 4 is 23.2 Å². The molecule has 1 atom stereocenters. The number of carbonyl (C=O) groups excluding carboxylic acids is 1. The Morgan fingerprint density at radius 3 is 2.62 bits per heavy atom. The van der Waals surface area contributed by atoms with Gasteiger partial charge in [0, 0.05) is 13.7 Å². The first kappa shape index (κ1) is 12.7. The predicted octanol–water partition coefficient (Wildman–Crippen LogP) is 1.21. The molecule has 0 saturated heterocycles. The number of amides is 1. The van der Waals surface area contributed by atoms with Crippen LogP contribution in [0, 0.1) is 0 Å². The highest BCUT2D eigenvalue weighted by molar-refractivity contribution is 7.15. The van der Waals surface area contributed by atoms with Gasteiger partial charge in [0.15, 0.2) is 0 Å². The maximum Gasteiger partial charge on any atom is 0.345 e. The van der Waals surface area contributed by atoms with Crippen molar-refractivity contribution in [3.05, 3.63) is 21.9 Å². The number of aromatic carboxylic acids is 1. The van der Waals surface area contributed by atoms with Gasteiger partial charge in [-0.25, -0.2) is 4.79 Å². The zero-order valence-corrected chi connectivity index (χ0v) is 9.84. The third-order valence-electron chi connectivity index (χ3n) is 1.99. The van der Waals surface area contributed by atoms with E-state index < -0.39 is 5.97 Å². The van der Waals surface area contributed by atoms with E-state index in [0.717, 1.165) is 11.3 Å². The van der Waals surface area contributed by atoms with Crippen molar-refractivity contribution in [3.8, 4) is 0 Å². The highest BCUT2D eigenvalue weighted by Crippen LogP contribution is 2.16.